The molecule has 0 amide bonds. The van der Waals surface area contributed by atoms with Crippen molar-refractivity contribution < 1.29 is 0 Å². The topological polar surface area (TPSA) is 59.6 Å². The van der Waals surface area contributed by atoms with Gasteiger partial charge in [-0.05, 0) is 80.6 Å². The Bertz CT molecular complexity index is 1280. The normalized spacial score (nSPS) is 19.0. The number of likely N-dealkylation sites (N-methyl/N-ethyl adjacent to an activating group) is 1. The Balaban J connectivity index is 1.09. The number of aromatic nitrogens is 2. The third-order valence-corrected chi connectivity index (χ3v) is 8.75. The van der Waals surface area contributed by atoms with E-state index in [2.05, 4.69) is 66.6 Å². The maximum Gasteiger partial charge on any atom is 0.229 e. The number of hydrogen-bond acceptors (Lipinski definition) is 7. The van der Waals surface area contributed by atoms with Crippen LogP contribution >= 0.6 is 23.2 Å². The largest absolute Gasteiger partial charge is 0.370 e. The maximum absolute atomic E-state index is 6.77. The molecular weight excluding hydrogens is 517 g/mol. The first-order chi connectivity index (χ1) is 18.5. The van der Waals surface area contributed by atoms with Crippen LogP contribution in [0.5, 0.6) is 0 Å². The predicted octanol–water partition coefficient (Wildman–Crippen LogP) is 5.98. The second-order valence-corrected chi connectivity index (χ2v) is 11.5. The molecule has 3 aliphatic rings. The fraction of sp³-hybridized carbons (Fsp3) is 0.448. The molecule has 2 aliphatic heterocycles. The summed E-state index contributed by atoms with van der Waals surface area (Å²) in [5, 5.41) is 7.86. The highest BCUT2D eigenvalue weighted by Gasteiger charge is 2.27. The predicted molar refractivity (Wildman–Crippen MR) is 158 cm³/mol. The molecule has 9 heteroatoms. The summed E-state index contributed by atoms with van der Waals surface area (Å²) in [4.78, 5) is 16.5. The van der Waals surface area contributed by atoms with Gasteiger partial charge in [0.25, 0.3) is 0 Å². The number of hydrogen-bond donors (Lipinski definition) is 2. The van der Waals surface area contributed by atoms with Crippen molar-refractivity contribution in [1.82, 2.24) is 19.8 Å². The van der Waals surface area contributed by atoms with Gasteiger partial charge in [-0.1, -0.05) is 29.3 Å². The molecule has 7 nitrogen and oxygen atoms in total. The lowest BCUT2D eigenvalue weighted by Crippen LogP contribution is -2.52. The van der Waals surface area contributed by atoms with Gasteiger partial charge in [-0.15, -0.1) is 0 Å². The molecule has 1 aromatic heterocycles. The number of nitrogens with zero attached hydrogens (tertiary/aromatic N) is 5. The maximum atomic E-state index is 6.77. The van der Waals surface area contributed by atoms with Crippen LogP contribution < -0.4 is 15.5 Å². The van der Waals surface area contributed by atoms with Crippen LogP contribution in [0.2, 0.25) is 10.0 Å². The Morgan fingerprint density at radius 2 is 1.55 bits per heavy atom. The Morgan fingerprint density at radius 1 is 0.816 bits per heavy atom. The first-order valence-electron chi connectivity index (χ1n) is 13.7. The van der Waals surface area contributed by atoms with Crippen LogP contribution in [-0.4, -0.2) is 72.1 Å². The van der Waals surface area contributed by atoms with E-state index in [1.165, 1.54) is 56.6 Å². The molecule has 1 aliphatic carbocycles. The number of piperidine rings is 1. The summed E-state index contributed by atoms with van der Waals surface area (Å²) >= 11 is 13.2. The van der Waals surface area contributed by atoms with Crippen molar-refractivity contribution in [3.8, 4) is 0 Å². The first kappa shape index (κ1) is 25.7. The number of fused-ring (bicyclic) bond motifs is 1. The molecule has 38 heavy (non-hydrogen) atoms. The Kier molecular flexibility index (Phi) is 7.61. The van der Waals surface area contributed by atoms with Crippen molar-refractivity contribution >= 4 is 52.0 Å². The van der Waals surface area contributed by atoms with Crippen molar-refractivity contribution in [2.24, 2.45) is 0 Å². The Labute approximate surface area is 235 Å². The van der Waals surface area contributed by atoms with Gasteiger partial charge in [-0.2, -0.15) is 4.98 Å². The van der Waals surface area contributed by atoms with E-state index in [1.54, 1.807) is 6.20 Å². The van der Waals surface area contributed by atoms with E-state index >= 15 is 0 Å². The van der Waals surface area contributed by atoms with Gasteiger partial charge >= 0.3 is 0 Å². The number of piperazine rings is 1. The lowest BCUT2D eigenvalue weighted by molar-refractivity contribution is 0.0982. The number of anilines is 5. The lowest BCUT2D eigenvalue weighted by atomic mass is 10.0. The summed E-state index contributed by atoms with van der Waals surface area (Å²) in [5.41, 5.74) is 5.76. The van der Waals surface area contributed by atoms with Gasteiger partial charge < -0.3 is 20.4 Å². The van der Waals surface area contributed by atoms with Gasteiger partial charge in [0.15, 0.2) is 5.82 Å². The summed E-state index contributed by atoms with van der Waals surface area (Å²) < 4.78 is 0. The quantitative estimate of drug-likeness (QED) is 0.391. The van der Waals surface area contributed by atoms with Crippen LogP contribution in [0.4, 0.5) is 28.8 Å². The minimum Gasteiger partial charge on any atom is -0.370 e. The van der Waals surface area contributed by atoms with Crippen molar-refractivity contribution in [3.63, 3.8) is 0 Å². The molecule has 3 aromatic rings. The highest BCUT2D eigenvalue weighted by Crippen LogP contribution is 2.33. The minimum absolute atomic E-state index is 0.467. The van der Waals surface area contributed by atoms with E-state index < -0.39 is 0 Å². The van der Waals surface area contributed by atoms with Crippen LogP contribution in [0.1, 0.15) is 30.4 Å². The molecule has 200 valence electrons. The summed E-state index contributed by atoms with van der Waals surface area (Å²) in [6.07, 6.45) is 7.48. The highest BCUT2D eigenvalue weighted by atomic mass is 35.5. The molecule has 0 saturated carbocycles. The number of nitrogens with one attached hydrogen (secondary N) is 2. The van der Waals surface area contributed by atoms with Crippen LogP contribution in [0.25, 0.3) is 0 Å². The average Bonchev–Trinajstić information content (AvgIpc) is 3.39. The van der Waals surface area contributed by atoms with E-state index in [4.69, 9.17) is 23.2 Å². The molecule has 2 aromatic carbocycles. The van der Waals surface area contributed by atoms with E-state index in [1.807, 2.05) is 12.1 Å². The smallest absolute Gasteiger partial charge is 0.229 e. The molecule has 2 saturated heterocycles. The minimum atomic E-state index is 0.467. The third kappa shape index (κ3) is 5.71. The fourth-order valence-electron chi connectivity index (χ4n) is 5.93. The molecule has 6 rings (SSSR count). The number of rotatable bonds is 6. The number of aryl methyl sites for hydroxylation is 2. The van der Waals surface area contributed by atoms with Gasteiger partial charge in [0.2, 0.25) is 5.95 Å². The molecule has 0 unspecified atom stereocenters. The van der Waals surface area contributed by atoms with E-state index in [-0.39, 0.29) is 0 Å². The lowest BCUT2D eigenvalue weighted by Gasteiger charge is -2.42. The van der Waals surface area contributed by atoms with E-state index in [0.717, 1.165) is 48.0 Å². The fourth-order valence-corrected chi connectivity index (χ4v) is 6.37. The third-order valence-electron chi connectivity index (χ3n) is 8.17. The molecule has 2 fully saturated rings. The zero-order chi connectivity index (χ0) is 26.1. The van der Waals surface area contributed by atoms with Gasteiger partial charge in [0.05, 0.1) is 16.9 Å². The summed E-state index contributed by atoms with van der Waals surface area (Å²) in [6.45, 7) is 6.76. The Morgan fingerprint density at radius 3 is 2.34 bits per heavy atom. The van der Waals surface area contributed by atoms with Crippen LogP contribution in [0.15, 0.2) is 42.6 Å². The van der Waals surface area contributed by atoms with E-state index in [9.17, 15) is 0 Å². The van der Waals surface area contributed by atoms with Crippen molar-refractivity contribution in [2.75, 3.05) is 61.8 Å². The summed E-state index contributed by atoms with van der Waals surface area (Å²) in [6, 6.07) is 13.2. The SMILES string of the molecule is CN1CCN(C2CCN(c3ccc(Nc4ncc(Cl)c(Nc5ccc6c(c5)CCC6)n4)cc3Cl)CC2)CC1. The number of benzene rings is 2. The molecule has 0 bridgehead atoms. The first-order valence-corrected chi connectivity index (χ1v) is 14.4. The Hall–Kier alpha value is -2.58. The molecule has 0 atom stereocenters. The number of halogens is 2. The highest BCUT2D eigenvalue weighted by molar-refractivity contribution is 6.33. The average molecular weight is 553 g/mol. The summed E-state index contributed by atoms with van der Waals surface area (Å²) in [5.74, 6) is 1.04. The van der Waals surface area contributed by atoms with Crippen molar-refractivity contribution in [3.05, 3.63) is 63.8 Å². The van der Waals surface area contributed by atoms with Crippen LogP contribution in [0.3, 0.4) is 0 Å². The molecular formula is C29H35Cl2N7. The van der Waals surface area contributed by atoms with Crippen molar-refractivity contribution in [2.45, 2.75) is 38.1 Å². The molecule has 0 spiro atoms. The zero-order valence-corrected chi connectivity index (χ0v) is 23.4. The molecule has 0 radical (unpaired) electrons. The van der Waals surface area contributed by atoms with Crippen LogP contribution in [-0.2, 0) is 12.8 Å². The van der Waals surface area contributed by atoms with Gasteiger partial charge in [-0.3, -0.25) is 4.90 Å². The molecule has 2 N–H and O–H groups in total. The van der Waals surface area contributed by atoms with Crippen molar-refractivity contribution in [1.29, 1.82) is 0 Å². The van der Waals surface area contributed by atoms with Gasteiger partial charge in [0, 0.05) is 56.7 Å². The van der Waals surface area contributed by atoms with Crippen LogP contribution in [0, 0.1) is 0 Å². The molecule has 3 heterocycles. The monoisotopic (exact) mass is 551 g/mol. The second kappa shape index (κ2) is 11.3. The second-order valence-electron chi connectivity index (χ2n) is 10.7. The standard InChI is InChI=1S/C29H35Cl2N7/c1-36-13-15-37(16-14-36)24-9-11-38(12-10-24)27-8-7-23(18-25(27)30)34-29-32-19-26(31)28(35-29)33-22-6-5-20-3-2-4-21(20)17-22/h5-8,17-19,24H,2-4,9-16H2,1H3,(H2,32,33,34,35). The van der Waals surface area contributed by atoms with E-state index in [0.29, 0.717) is 22.8 Å². The summed E-state index contributed by atoms with van der Waals surface area (Å²) in [7, 11) is 2.21. The van der Waals surface area contributed by atoms with Gasteiger partial charge in [0.1, 0.15) is 5.02 Å². The van der Waals surface area contributed by atoms with Gasteiger partial charge in [-0.25, -0.2) is 4.98 Å². The zero-order valence-electron chi connectivity index (χ0n) is 21.9.